The number of benzene rings is 1. The number of aliphatic hydroxyl groups is 1. The van der Waals surface area contributed by atoms with Crippen LogP contribution >= 0.6 is 0 Å². The zero-order valence-corrected chi connectivity index (χ0v) is 13.0. The van der Waals surface area contributed by atoms with Gasteiger partial charge in [0.05, 0.1) is 12.1 Å². The molecule has 18 heavy (non-hydrogen) atoms. The van der Waals surface area contributed by atoms with E-state index in [1.807, 2.05) is 38.1 Å². The second kappa shape index (κ2) is 5.86. The summed E-state index contributed by atoms with van der Waals surface area (Å²) in [5, 5.41) is 9.95. The third-order valence-electron chi connectivity index (χ3n) is 2.74. The molecule has 0 aliphatic rings. The molecule has 2 atom stereocenters. The van der Waals surface area contributed by atoms with Gasteiger partial charge in [-0.05, 0) is 43.3 Å². The molecule has 0 saturated carbocycles. The maximum absolute atomic E-state index is 9.95. The third-order valence-corrected chi connectivity index (χ3v) is 3.59. The van der Waals surface area contributed by atoms with Crippen LogP contribution in [0.3, 0.4) is 0 Å². The summed E-state index contributed by atoms with van der Waals surface area (Å²) in [5.41, 5.74) is 6.98. The van der Waals surface area contributed by atoms with E-state index in [0.717, 1.165) is 11.3 Å². The highest BCUT2D eigenvalue weighted by molar-refractivity contribution is 6.70. The van der Waals surface area contributed by atoms with Crippen molar-refractivity contribution in [2.24, 2.45) is 11.7 Å². The lowest BCUT2D eigenvalue weighted by molar-refractivity contribution is 0.0979. The minimum atomic E-state index is -1.56. The maximum atomic E-state index is 9.95. The smallest absolute Gasteiger partial charge is 0.242 e. The molecule has 1 aromatic carbocycles. The summed E-state index contributed by atoms with van der Waals surface area (Å²) in [6.45, 7) is 10.4. The van der Waals surface area contributed by atoms with Crippen molar-refractivity contribution in [3.8, 4) is 5.75 Å². The molecule has 1 aromatic rings. The molecule has 3 N–H and O–H groups in total. The number of hydrogen-bond donors (Lipinski definition) is 2. The number of hydrogen-bond acceptors (Lipinski definition) is 3. The fourth-order valence-corrected chi connectivity index (χ4v) is 2.57. The molecule has 0 aromatic heterocycles. The second-order valence-electron chi connectivity index (χ2n) is 6.04. The van der Waals surface area contributed by atoms with Crippen molar-refractivity contribution in [1.29, 1.82) is 0 Å². The highest BCUT2D eigenvalue weighted by atomic mass is 28.4. The lowest BCUT2D eigenvalue weighted by atomic mass is 9.94. The molecule has 0 aliphatic heterocycles. The molecule has 0 fully saturated rings. The van der Waals surface area contributed by atoms with Crippen LogP contribution in [0.1, 0.15) is 25.5 Å². The van der Waals surface area contributed by atoms with Crippen LogP contribution in [0.4, 0.5) is 0 Å². The average molecular weight is 267 g/mol. The maximum Gasteiger partial charge on any atom is 0.242 e. The average Bonchev–Trinajstić information content (AvgIpc) is 2.26. The van der Waals surface area contributed by atoms with Gasteiger partial charge >= 0.3 is 0 Å². The fraction of sp³-hybridized carbons (Fsp3) is 0.571. The van der Waals surface area contributed by atoms with Crippen LogP contribution < -0.4 is 10.2 Å². The molecule has 1 rings (SSSR count). The molecule has 0 radical (unpaired) electrons. The number of rotatable bonds is 5. The van der Waals surface area contributed by atoms with E-state index < -0.39 is 14.4 Å². The standard InChI is InChI=1S/C14H25NO2Si/c1-10(2)14(16)13(15)11-6-8-12(9-7-11)17-18(3,4)5/h6-10,13-14,16H,15H2,1-5H3/t13-,14+/m1/s1. The van der Waals surface area contributed by atoms with Gasteiger partial charge in [0.25, 0.3) is 0 Å². The first-order chi connectivity index (χ1) is 8.20. The van der Waals surface area contributed by atoms with Crippen LogP contribution in [0, 0.1) is 5.92 Å². The van der Waals surface area contributed by atoms with E-state index >= 15 is 0 Å². The molecule has 0 spiro atoms. The van der Waals surface area contributed by atoms with Crippen molar-refractivity contribution in [3.63, 3.8) is 0 Å². The molecule has 4 heteroatoms. The highest BCUT2D eigenvalue weighted by Gasteiger charge is 2.20. The molecule has 3 nitrogen and oxygen atoms in total. The summed E-state index contributed by atoms with van der Waals surface area (Å²) in [7, 11) is -1.56. The molecular weight excluding hydrogens is 242 g/mol. The monoisotopic (exact) mass is 267 g/mol. The molecule has 102 valence electrons. The van der Waals surface area contributed by atoms with Gasteiger partial charge in [-0.1, -0.05) is 26.0 Å². The first-order valence-corrected chi connectivity index (χ1v) is 9.84. The first-order valence-electron chi connectivity index (χ1n) is 6.43. The van der Waals surface area contributed by atoms with Crippen molar-refractivity contribution in [3.05, 3.63) is 29.8 Å². The van der Waals surface area contributed by atoms with E-state index in [4.69, 9.17) is 10.2 Å². The van der Waals surface area contributed by atoms with Gasteiger partial charge in [-0.15, -0.1) is 0 Å². The van der Waals surface area contributed by atoms with Crippen LogP contribution in [0.25, 0.3) is 0 Å². The fourth-order valence-electron chi connectivity index (χ4n) is 1.72. The topological polar surface area (TPSA) is 55.5 Å². The molecule has 0 amide bonds. The van der Waals surface area contributed by atoms with E-state index in [1.165, 1.54) is 0 Å². The summed E-state index contributed by atoms with van der Waals surface area (Å²) in [6.07, 6.45) is -0.520. The molecule has 0 heterocycles. The van der Waals surface area contributed by atoms with E-state index in [9.17, 15) is 5.11 Å². The van der Waals surface area contributed by atoms with Gasteiger partial charge in [0.15, 0.2) is 0 Å². The summed E-state index contributed by atoms with van der Waals surface area (Å²) in [5.74, 6) is 1.03. The predicted molar refractivity (Wildman–Crippen MR) is 78.2 cm³/mol. The Morgan fingerprint density at radius 1 is 1.11 bits per heavy atom. The largest absolute Gasteiger partial charge is 0.544 e. The van der Waals surface area contributed by atoms with Gasteiger partial charge < -0.3 is 15.3 Å². The second-order valence-corrected chi connectivity index (χ2v) is 10.5. The molecule has 0 saturated heterocycles. The van der Waals surface area contributed by atoms with Crippen LogP contribution in [-0.2, 0) is 0 Å². The minimum absolute atomic E-state index is 0.151. The van der Waals surface area contributed by atoms with Crippen molar-refractivity contribution >= 4 is 8.32 Å². The van der Waals surface area contributed by atoms with E-state index in [0.29, 0.717) is 0 Å². The summed E-state index contributed by atoms with van der Waals surface area (Å²) in [6, 6.07) is 7.39. The SMILES string of the molecule is CC(C)[C@H](O)[C@H](N)c1ccc(O[Si](C)(C)C)cc1. The zero-order chi connectivity index (χ0) is 13.9. The van der Waals surface area contributed by atoms with Crippen molar-refractivity contribution in [2.75, 3.05) is 0 Å². The summed E-state index contributed by atoms with van der Waals surface area (Å²) < 4.78 is 5.88. The van der Waals surface area contributed by atoms with E-state index in [-0.39, 0.29) is 12.0 Å². The number of aliphatic hydroxyl groups excluding tert-OH is 1. The Morgan fingerprint density at radius 2 is 1.61 bits per heavy atom. The van der Waals surface area contributed by atoms with Gasteiger partial charge in [0.2, 0.25) is 8.32 Å². The highest BCUT2D eigenvalue weighted by Crippen LogP contribution is 2.23. The van der Waals surface area contributed by atoms with Gasteiger partial charge in [-0.2, -0.15) is 0 Å². The Kier molecular flexibility index (Phi) is 4.96. The predicted octanol–water partition coefficient (Wildman–Crippen LogP) is 2.92. The molecule has 0 unspecified atom stereocenters. The van der Waals surface area contributed by atoms with Crippen molar-refractivity contribution in [1.82, 2.24) is 0 Å². The minimum Gasteiger partial charge on any atom is -0.544 e. The first kappa shape index (κ1) is 15.2. The molecular formula is C14H25NO2Si. The quantitative estimate of drug-likeness (QED) is 0.807. The Morgan fingerprint density at radius 3 is 2.00 bits per heavy atom. The normalized spacial score (nSPS) is 15.6. The van der Waals surface area contributed by atoms with Crippen LogP contribution in [0.15, 0.2) is 24.3 Å². The molecule has 0 bridgehead atoms. The van der Waals surface area contributed by atoms with E-state index in [2.05, 4.69) is 19.6 Å². The van der Waals surface area contributed by atoms with E-state index in [1.54, 1.807) is 0 Å². The lowest BCUT2D eigenvalue weighted by Crippen LogP contribution is -2.31. The Balaban J connectivity index is 2.77. The third kappa shape index (κ3) is 4.44. The Labute approximate surface area is 111 Å². The molecule has 0 aliphatic carbocycles. The lowest BCUT2D eigenvalue weighted by Gasteiger charge is -2.23. The van der Waals surface area contributed by atoms with Gasteiger partial charge in [0.1, 0.15) is 5.75 Å². The number of nitrogens with two attached hydrogens (primary N) is 1. The van der Waals surface area contributed by atoms with Crippen LogP contribution in [-0.4, -0.2) is 19.5 Å². The van der Waals surface area contributed by atoms with Crippen molar-refractivity contribution < 1.29 is 9.53 Å². The van der Waals surface area contributed by atoms with Gasteiger partial charge in [-0.25, -0.2) is 0 Å². The van der Waals surface area contributed by atoms with Gasteiger partial charge in [0, 0.05) is 0 Å². The summed E-state index contributed by atoms with van der Waals surface area (Å²) >= 11 is 0. The Bertz CT molecular complexity index is 370. The van der Waals surface area contributed by atoms with Crippen LogP contribution in [0.2, 0.25) is 19.6 Å². The van der Waals surface area contributed by atoms with Crippen molar-refractivity contribution in [2.45, 2.75) is 45.6 Å². The van der Waals surface area contributed by atoms with Crippen LogP contribution in [0.5, 0.6) is 5.75 Å². The van der Waals surface area contributed by atoms with Gasteiger partial charge in [-0.3, -0.25) is 0 Å². The summed E-state index contributed by atoms with van der Waals surface area (Å²) in [4.78, 5) is 0. The Hall–Kier alpha value is -0.843. The zero-order valence-electron chi connectivity index (χ0n) is 12.0.